The lowest BCUT2D eigenvalue weighted by Crippen LogP contribution is -2.43. The molecular weight excluding hydrogens is 627 g/mol. The van der Waals surface area contributed by atoms with Gasteiger partial charge in [0.2, 0.25) is 11.8 Å². The van der Waals surface area contributed by atoms with E-state index in [2.05, 4.69) is 15.4 Å². The number of nitrogen functional groups attached to an aromatic ring is 1. The second-order valence-electron chi connectivity index (χ2n) is 10.9. The molecule has 2 atom stereocenters. The second kappa shape index (κ2) is 11.6. The molecule has 2 fully saturated rings. The topological polar surface area (TPSA) is 115 Å². The largest absolute Gasteiger partial charge is 0.483 e. The van der Waals surface area contributed by atoms with Crippen LogP contribution in [0.2, 0.25) is 0 Å². The molecule has 3 N–H and O–H groups in total. The number of halogens is 9. The van der Waals surface area contributed by atoms with E-state index in [0.29, 0.717) is 6.07 Å². The number of hydrogen-bond acceptors (Lipinski definition) is 6. The van der Waals surface area contributed by atoms with Crippen molar-refractivity contribution < 1.29 is 53.8 Å². The highest BCUT2D eigenvalue weighted by atomic mass is 19.4. The Morgan fingerprint density at radius 2 is 1.76 bits per heavy atom. The van der Waals surface area contributed by atoms with Gasteiger partial charge in [-0.1, -0.05) is 0 Å². The van der Waals surface area contributed by atoms with Crippen LogP contribution in [0.5, 0.6) is 5.75 Å². The van der Waals surface area contributed by atoms with Crippen molar-refractivity contribution in [2.75, 3.05) is 25.4 Å². The van der Waals surface area contributed by atoms with E-state index in [1.165, 1.54) is 0 Å². The van der Waals surface area contributed by atoms with Crippen LogP contribution in [0.4, 0.5) is 45.3 Å². The summed E-state index contributed by atoms with van der Waals surface area (Å²) in [5.41, 5.74) is 2.92. The quantitative estimate of drug-likeness (QED) is 0.361. The number of nitrogens with one attached hydrogen (secondary N) is 1. The molecule has 9 nitrogen and oxygen atoms in total. The first kappa shape index (κ1) is 32.2. The molecule has 0 radical (unpaired) electrons. The highest BCUT2D eigenvalue weighted by Crippen LogP contribution is 2.40. The van der Waals surface area contributed by atoms with Crippen molar-refractivity contribution in [3.05, 3.63) is 41.7 Å². The molecule has 0 spiro atoms. The van der Waals surface area contributed by atoms with Crippen molar-refractivity contribution in [1.82, 2.24) is 24.8 Å². The number of nitrogens with two attached hydrogens (primary N) is 1. The van der Waals surface area contributed by atoms with Gasteiger partial charge in [0, 0.05) is 30.9 Å². The van der Waals surface area contributed by atoms with Gasteiger partial charge in [-0.25, -0.2) is 22.7 Å². The minimum atomic E-state index is -4.90. The summed E-state index contributed by atoms with van der Waals surface area (Å²) in [4.78, 5) is 30.9. The molecule has 1 saturated carbocycles. The zero-order valence-corrected chi connectivity index (χ0v) is 23.1. The van der Waals surface area contributed by atoms with Gasteiger partial charge in [-0.15, -0.1) is 0 Å². The maximum atomic E-state index is 15.0. The molecule has 1 saturated heterocycles. The van der Waals surface area contributed by atoms with E-state index in [1.54, 1.807) is 0 Å². The van der Waals surface area contributed by atoms with Gasteiger partial charge in [0.25, 0.3) is 5.91 Å². The lowest BCUT2D eigenvalue weighted by Gasteiger charge is -2.30. The van der Waals surface area contributed by atoms with E-state index in [9.17, 15) is 49.1 Å². The van der Waals surface area contributed by atoms with Crippen molar-refractivity contribution in [1.29, 1.82) is 0 Å². The molecule has 45 heavy (non-hydrogen) atoms. The van der Waals surface area contributed by atoms with Crippen LogP contribution in [0.25, 0.3) is 16.8 Å². The van der Waals surface area contributed by atoms with Crippen LogP contribution in [0.15, 0.2) is 30.6 Å². The smallest absolute Gasteiger partial charge is 0.422 e. The number of carbonyl (C=O) groups is 2. The first-order chi connectivity index (χ1) is 20.9. The van der Waals surface area contributed by atoms with Crippen LogP contribution >= 0.6 is 0 Å². The van der Waals surface area contributed by atoms with E-state index < -0.39 is 102 Å². The number of likely N-dealkylation sites (tertiary alicyclic amines) is 1. The molecule has 0 bridgehead atoms. The standard InChI is InChI=1S/C27H25F9N6O3/c28-17-9-41(24(44)13-3-5-25(29,30)6-4-13)10-18(17)40-23(43)15-7-14(1-2-20(15)45-11-26(31,32)33)19-8-16(27(34,35)36)21-22(37)38-12-39-42(19)21/h1-2,7-8,12-13,17-18H,3-6,9-11H2,(H,40,43)(H2,37,38,39)/t17-,18+/m0/s1. The normalized spacial score (nSPS) is 20.9. The summed E-state index contributed by atoms with van der Waals surface area (Å²) in [5, 5.41) is 6.12. The molecule has 3 aromatic rings. The SMILES string of the molecule is Nc1ncnn2c(-c3ccc(OCC(F)(F)F)c(C(=O)N[C@@H]4CN(C(=O)C5CCC(F)(F)CC5)C[C@@H]4F)c3)cc(C(F)(F)F)c12. The van der Waals surface area contributed by atoms with Crippen molar-refractivity contribution in [2.24, 2.45) is 5.92 Å². The Morgan fingerprint density at radius 3 is 2.40 bits per heavy atom. The van der Waals surface area contributed by atoms with Crippen molar-refractivity contribution in [3.63, 3.8) is 0 Å². The minimum Gasteiger partial charge on any atom is -0.483 e. The molecule has 2 amide bonds. The number of rotatable bonds is 6. The zero-order chi connectivity index (χ0) is 32.9. The number of fused-ring (bicyclic) bond motifs is 1. The molecular formula is C27H25F9N6O3. The number of nitrogens with zero attached hydrogens (tertiary/aromatic N) is 4. The Morgan fingerprint density at radius 1 is 1.07 bits per heavy atom. The van der Waals surface area contributed by atoms with Crippen molar-refractivity contribution in [2.45, 2.75) is 56.2 Å². The van der Waals surface area contributed by atoms with Gasteiger partial charge in [-0.2, -0.15) is 31.4 Å². The van der Waals surface area contributed by atoms with Gasteiger partial charge in [-0.3, -0.25) is 9.59 Å². The summed E-state index contributed by atoms with van der Waals surface area (Å²) < 4.78 is 128. The number of amides is 2. The number of anilines is 1. The number of alkyl halides is 9. The van der Waals surface area contributed by atoms with Crippen LogP contribution in [0.1, 0.15) is 41.6 Å². The third-order valence-electron chi connectivity index (χ3n) is 7.74. The van der Waals surface area contributed by atoms with Crippen molar-refractivity contribution in [3.8, 4) is 17.0 Å². The average molecular weight is 653 g/mol. The highest BCUT2D eigenvalue weighted by molar-refractivity contribution is 5.98. The third kappa shape index (κ3) is 6.88. The summed E-state index contributed by atoms with van der Waals surface area (Å²) in [7, 11) is 0. The maximum Gasteiger partial charge on any atom is 0.422 e. The van der Waals surface area contributed by atoms with Gasteiger partial charge in [0.15, 0.2) is 12.4 Å². The van der Waals surface area contributed by atoms with Gasteiger partial charge < -0.3 is 20.7 Å². The van der Waals surface area contributed by atoms with Gasteiger partial charge >= 0.3 is 12.4 Å². The Kier molecular flexibility index (Phi) is 8.28. The molecule has 1 aliphatic heterocycles. The molecule has 3 heterocycles. The van der Waals surface area contributed by atoms with E-state index in [-0.39, 0.29) is 30.6 Å². The predicted octanol–water partition coefficient (Wildman–Crippen LogP) is 5.04. The van der Waals surface area contributed by atoms with E-state index in [1.807, 2.05) is 0 Å². The first-order valence-corrected chi connectivity index (χ1v) is 13.6. The molecule has 1 aliphatic carbocycles. The Balaban J connectivity index is 1.43. The lowest BCUT2D eigenvalue weighted by molar-refractivity contribution is -0.153. The predicted molar refractivity (Wildman–Crippen MR) is 139 cm³/mol. The van der Waals surface area contributed by atoms with Gasteiger partial charge in [-0.05, 0) is 37.1 Å². The van der Waals surface area contributed by atoms with Gasteiger partial charge in [0.05, 0.1) is 29.4 Å². The summed E-state index contributed by atoms with van der Waals surface area (Å²) in [6.45, 7) is -2.61. The molecule has 5 rings (SSSR count). The minimum absolute atomic E-state index is 0.0932. The summed E-state index contributed by atoms with van der Waals surface area (Å²) in [5.74, 6) is -6.45. The van der Waals surface area contributed by atoms with Crippen LogP contribution < -0.4 is 15.8 Å². The average Bonchev–Trinajstić information content (AvgIpc) is 3.53. The fourth-order valence-corrected chi connectivity index (χ4v) is 5.51. The molecule has 18 heteroatoms. The Labute approximate surface area is 248 Å². The molecule has 244 valence electrons. The van der Waals surface area contributed by atoms with E-state index in [4.69, 9.17) is 10.5 Å². The second-order valence-corrected chi connectivity index (χ2v) is 10.9. The van der Waals surface area contributed by atoms with E-state index in [0.717, 1.165) is 33.9 Å². The Hall–Kier alpha value is -4.25. The zero-order valence-electron chi connectivity index (χ0n) is 23.1. The van der Waals surface area contributed by atoms with Crippen LogP contribution in [0.3, 0.4) is 0 Å². The third-order valence-corrected chi connectivity index (χ3v) is 7.74. The fraction of sp³-hybridized carbons (Fsp3) is 0.481. The van der Waals surface area contributed by atoms with Gasteiger partial charge in [0.1, 0.15) is 23.8 Å². The molecule has 2 aromatic heterocycles. The lowest BCUT2D eigenvalue weighted by atomic mass is 9.86. The molecule has 1 aromatic carbocycles. The number of aromatic nitrogens is 3. The number of hydrogen-bond donors (Lipinski definition) is 2. The van der Waals surface area contributed by atoms with Crippen LogP contribution in [-0.4, -0.2) is 75.3 Å². The van der Waals surface area contributed by atoms with E-state index >= 15 is 0 Å². The maximum absolute atomic E-state index is 15.0. The molecule has 0 unspecified atom stereocenters. The molecule has 2 aliphatic rings. The van der Waals surface area contributed by atoms with Crippen molar-refractivity contribution >= 4 is 23.1 Å². The Bertz CT molecular complexity index is 1600. The number of ether oxygens (including phenoxy) is 1. The summed E-state index contributed by atoms with van der Waals surface area (Å²) >= 11 is 0. The number of benzene rings is 1. The fourth-order valence-electron chi connectivity index (χ4n) is 5.51. The summed E-state index contributed by atoms with van der Waals surface area (Å²) in [6.07, 6.45) is -11.8. The van der Waals surface area contributed by atoms with Crippen LogP contribution in [-0.2, 0) is 11.0 Å². The summed E-state index contributed by atoms with van der Waals surface area (Å²) in [6, 6.07) is 2.33. The number of carbonyl (C=O) groups excluding carboxylic acids is 2. The van der Waals surface area contributed by atoms with Crippen LogP contribution in [0, 0.1) is 5.92 Å². The first-order valence-electron chi connectivity index (χ1n) is 13.6. The monoisotopic (exact) mass is 652 g/mol. The highest BCUT2D eigenvalue weighted by Gasteiger charge is 2.43.